The Morgan fingerprint density at radius 2 is 2.28 bits per heavy atom. The van der Waals surface area contributed by atoms with Crippen LogP contribution in [0.1, 0.15) is 11.3 Å². The van der Waals surface area contributed by atoms with Gasteiger partial charge in [-0.1, -0.05) is 17.8 Å². The first-order valence-corrected chi connectivity index (χ1v) is 6.41. The van der Waals surface area contributed by atoms with Gasteiger partial charge >= 0.3 is 5.97 Å². The molecule has 18 heavy (non-hydrogen) atoms. The maximum absolute atomic E-state index is 10.5. The van der Waals surface area contributed by atoms with Crippen molar-refractivity contribution < 1.29 is 9.90 Å². The van der Waals surface area contributed by atoms with Gasteiger partial charge in [0, 0.05) is 24.3 Å². The second kappa shape index (κ2) is 5.68. The fourth-order valence-electron chi connectivity index (χ4n) is 1.47. The zero-order valence-electron chi connectivity index (χ0n) is 9.91. The van der Waals surface area contributed by atoms with Gasteiger partial charge in [0.25, 0.3) is 0 Å². The monoisotopic (exact) mass is 263 g/mol. The van der Waals surface area contributed by atoms with E-state index in [1.165, 1.54) is 11.8 Å². The average molecular weight is 263 g/mol. The average Bonchev–Trinajstić information content (AvgIpc) is 2.77. The van der Waals surface area contributed by atoms with Crippen molar-refractivity contribution in [2.45, 2.75) is 18.6 Å². The van der Waals surface area contributed by atoms with E-state index in [4.69, 9.17) is 5.11 Å². The van der Waals surface area contributed by atoms with E-state index in [0.29, 0.717) is 11.7 Å². The third kappa shape index (κ3) is 3.33. The molecule has 94 valence electrons. The Balaban J connectivity index is 2.07. The summed E-state index contributed by atoms with van der Waals surface area (Å²) < 4.78 is 1.92. The predicted molar refractivity (Wildman–Crippen MR) is 68.7 cm³/mol. The maximum Gasteiger partial charge on any atom is 0.313 e. The number of aliphatic carboxylic acids is 1. The molecule has 2 rings (SSSR count). The Morgan fingerprint density at radius 1 is 1.44 bits per heavy atom. The summed E-state index contributed by atoms with van der Waals surface area (Å²) in [7, 11) is 0. The second-order valence-electron chi connectivity index (χ2n) is 3.83. The van der Waals surface area contributed by atoms with E-state index in [9.17, 15) is 4.79 Å². The molecule has 0 aliphatic heterocycles. The van der Waals surface area contributed by atoms with E-state index in [0.717, 1.165) is 11.3 Å². The lowest BCUT2D eigenvalue weighted by molar-refractivity contribution is -0.133. The topological polar surface area (TPSA) is 68.0 Å². The molecule has 2 aromatic heterocycles. The molecule has 0 aliphatic carbocycles. The number of nitrogens with zero attached hydrogens (tertiary/aromatic N) is 3. The zero-order chi connectivity index (χ0) is 13.0. The van der Waals surface area contributed by atoms with Gasteiger partial charge in [-0.2, -0.15) is 0 Å². The first-order chi connectivity index (χ1) is 8.65. The van der Waals surface area contributed by atoms with Crippen LogP contribution >= 0.6 is 11.8 Å². The van der Waals surface area contributed by atoms with Crippen LogP contribution in [-0.2, 0) is 11.3 Å². The lowest BCUT2D eigenvalue weighted by atomic mass is 10.2. The first kappa shape index (κ1) is 12.6. The van der Waals surface area contributed by atoms with Crippen molar-refractivity contribution >= 4 is 17.7 Å². The molecular weight excluding hydrogens is 250 g/mol. The minimum absolute atomic E-state index is 0.0170. The lowest BCUT2D eigenvalue weighted by Crippen LogP contribution is -2.04. The summed E-state index contributed by atoms with van der Waals surface area (Å²) in [6.07, 6.45) is 5.33. The molecule has 0 amide bonds. The highest BCUT2D eigenvalue weighted by molar-refractivity contribution is 7.99. The highest BCUT2D eigenvalue weighted by Crippen LogP contribution is 2.16. The van der Waals surface area contributed by atoms with Crippen molar-refractivity contribution in [3.8, 4) is 0 Å². The van der Waals surface area contributed by atoms with Crippen LogP contribution in [0.15, 0.2) is 35.9 Å². The Hall–Kier alpha value is -1.82. The van der Waals surface area contributed by atoms with E-state index in [-0.39, 0.29) is 5.75 Å². The van der Waals surface area contributed by atoms with Crippen LogP contribution in [0.2, 0.25) is 0 Å². The molecule has 0 unspecified atom stereocenters. The van der Waals surface area contributed by atoms with Gasteiger partial charge in [-0.3, -0.25) is 9.78 Å². The summed E-state index contributed by atoms with van der Waals surface area (Å²) in [4.78, 5) is 18.9. The zero-order valence-corrected chi connectivity index (χ0v) is 10.7. The standard InChI is InChI=1S/C12H13N3O2S/c1-9-2-3-10(6-14-9)7-15-5-4-13-12(15)18-8-11(16)17/h2-6H,7-8H2,1H3,(H,16,17). The normalized spacial score (nSPS) is 10.5. The fraction of sp³-hybridized carbons (Fsp3) is 0.250. The van der Waals surface area contributed by atoms with Crippen LogP contribution in [0.25, 0.3) is 0 Å². The van der Waals surface area contributed by atoms with Crippen LogP contribution in [0, 0.1) is 6.92 Å². The predicted octanol–water partition coefficient (Wildman–Crippen LogP) is 1.81. The number of carboxylic acid groups (broad SMARTS) is 1. The summed E-state index contributed by atoms with van der Waals surface area (Å²) in [5.74, 6) is -0.824. The van der Waals surface area contributed by atoms with Crippen molar-refractivity contribution in [3.63, 3.8) is 0 Å². The van der Waals surface area contributed by atoms with E-state index < -0.39 is 5.97 Å². The maximum atomic E-state index is 10.5. The molecule has 5 nitrogen and oxygen atoms in total. The van der Waals surface area contributed by atoms with Crippen molar-refractivity contribution in [2.24, 2.45) is 0 Å². The third-order valence-corrected chi connectivity index (χ3v) is 3.32. The minimum atomic E-state index is -0.841. The number of hydrogen-bond donors (Lipinski definition) is 1. The van der Waals surface area contributed by atoms with Gasteiger partial charge in [0.1, 0.15) is 0 Å². The van der Waals surface area contributed by atoms with Crippen molar-refractivity contribution in [2.75, 3.05) is 5.75 Å². The van der Waals surface area contributed by atoms with Crippen molar-refractivity contribution in [1.29, 1.82) is 0 Å². The Kier molecular flexibility index (Phi) is 3.99. The summed E-state index contributed by atoms with van der Waals surface area (Å²) in [5.41, 5.74) is 2.04. The molecule has 0 saturated carbocycles. The van der Waals surface area contributed by atoms with Gasteiger partial charge in [-0.25, -0.2) is 4.98 Å². The van der Waals surface area contributed by atoms with Crippen LogP contribution in [0.5, 0.6) is 0 Å². The highest BCUT2D eigenvalue weighted by atomic mass is 32.2. The Morgan fingerprint density at radius 3 is 2.94 bits per heavy atom. The molecule has 0 atom stereocenters. The second-order valence-corrected chi connectivity index (χ2v) is 4.77. The number of imidazole rings is 1. The minimum Gasteiger partial charge on any atom is -0.481 e. The number of thioether (sulfide) groups is 1. The van der Waals surface area contributed by atoms with Gasteiger partial charge in [0.05, 0.1) is 12.3 Å². The highest BCUT2D eigenvalue weighted by Gasteiger charge is 2.07. The van der Waals surface area contributed by atoms with E-state index in [1.807, 2.05) is 36.0 Å². The number of hydrogen-bond acceptors (Lipinski definition) is 4. The molecule has 0 saturated heterocycles. The summed E-state index contributed by atoms with van der Waals surface area (Å²) in [6, 6.07) is 3.96. The third-order valence-electron chi connectivity index (χ3n) is 2.33. The Labute approximate surface area is 109 Å². The molecular formula is C12H13N3O2S. The summed E-state index contributed by atoms with van der Waals surface area (Å²) in [5, 5.41) is 9.36. The number of rotatable bonds is 5. The molecule has 0 bridgehead atoms. The molecule has 0 aliphatic rings. The van der Waals surface area contributed by atoms with E-state index in [1.54, 1.807) is 6.20 Å². The van der Waals surface area contributed by atoms with Crippen LogP contribution in [0.3, 0.4) is 0 Å². The molecule has 6 heteroatoms. The molecule has 0 fully saturated rings. The number of pyridine rings is 1. The largest absolute Gasteiger partial charge is 0.481 e. The van der Waals surface area contributed by atoms with Gasteiger partial charge in [0.2, 0.25) is 0 Å². The number of aromatic nitrogens is 3. The van der Waals surface area contributed by atoms with Crippen molar-refractivity contribution in [3.05, 3.63) is 42.0 Å². The Bertz CT molecular complexity index is 537. The van der Waals surface area contributed by atoms with Gasteiger partial charge in [-0.05, 0) is 18.6 Å². The van der Waals surface area contributed by atoms with Gasteiger partial charge in [-0.15, -0.1) is 0 Å². The molecule has 2 heterocycles. The molecule has 0 radical (unpaired) electrons. The quantitative estimate of drug-likeness (QED) is 0.833. The van der Waals surface area contributed by atoms with E-state index in [2.05, 4.69) is 9.97 Å². The number of carboxylic acids is 1. The van der Waals surface area contributed by atoms with Crippen molar-refractivity contribution in [1.82, 2.24) is 14.5 Å². The molecule has 1 N–H and O–H groups in total. The van der Waals surface area contributed by atoms with Crippen LogP contribution in [0.4, 0.5) is 0 Å². The lowest BCUT2D eigenvalue weighted by Gasteiger charge is -2.06. The van der Waals surface area contributed by atoms with Gasteiger partial charge < -0.3 is 9.67 Å². The molecule has 2 aromatic rings. The molecule has 0 aromatic carbocycles. The SMILES string of the molecule is Cc1ccc(Cn2ccnc2SCC(=O)O)cn1. The van der Waals surface area contributed by atoms with Crippen LogP contribution < -0.4 is 0 Å². The van der Waals surface area contributed by atoms with Crippen LogP contribution in [-0.4, -0.2) is 31.4 Å². The number of aryl methyl sites for hydroxylation is 1. The number of carbonyl (C=O) groups is 1. The summed E-state index contributed by atoms with van der Waals surface area (Å²) >= 11 is 1.22. The molecule has 0 spiro atoms. The fourth-order valence-corrected chi connectivity index (χ4v) is 2.15. The van der Waals surface area contributed by atoms with Gasteiger partial charge in [0.15, 0.2) is 5.16 Å². The van der Waals surface area contributed by atoms with E-state index >= 15 is 0 Å². The smallest absolute Gasteiger partial charge is 0.313 e. The summed E-state index contributed by atoms with van der Waals surface area (Å²) in [6.45, 7) is 2.59. The first-order valence-electron chi connectivity index (χ1n) is 5.42.